The number of amides is 2. The van der Waals surface area contributed by atoms with Gasteiger partial charge in [-0.25, -0.2) is 0 Å². The minimum atomic E-state index is -0.282. The second-order valence-corrected chi connectivity index (χ2v) is 7.92. The molecule has 0 aliphatic carbocycles. The van der Waals surface area contributed by atoms with E-state index in [0.29, 0.717) is 19.5 Å². The van der Waals surface area contributed by atoms with E-state index >= 15 is 0 Å². The first-order chi connectivity index (χ1) is 11.0. The summed E-state index contributed by atoms with van der Waals surface area (Å²) in [6, 6.07) is 9.94. The fourth-order valence-electron chi connectivity index (χ4n) is 3.55. The van der Waals surface area contributed by atoms with Crippen molar-refractivity contribution in [3.05, 3.63) is 35.9 Å². The lowest BCUT2D eigenvalue weighted by Crippen LogP contribution is -2.51. The summed E-state index contributed by atoms with van der Waals surface area (Å²) in [6.07, 6.45) is 2.28. The van der Waals surface area contributed by atoms with Crippen LogP contribution in [-0.4, -0.2) is 51.4 Å². The van der Waals surface area contributed by atoms with Crippen LogP contribution < -0.4 is 0 Å². The van der Waals surface area contributed by atoms with Gasteiger partial charge in [0.1, 0.15) is 6.04 Å². The summed E-state index contributed by atoms with van der Waals surface area (Å²) in [5.41, 5.74) is 1.24. The normalized spacial score (nSPS) is 26.4. The van der Waals surface area contributed by atoms with Gasteiger partial charge in [-0.2, -0.15) is 0 Å². The molecule has 2 aliphatic heterocycles. The predicted molar refractivity (Wildman–Crippen MR) is 93.1 cm³/mol. The molecule has 23 heavy (non-hydrogen) atoms. The Morgan fingerprint density at radius 1 is 1.39 bits per heavy atom. The highest BCUT2D eigenvalue weighted by Gasteiger charge is 2.53. The molecule has 4 nitrogen and oxygen atoms in total. The number of nitrogens with zero attached hydrogens (tertiary/aromatic N) is 2. The topological polar surface area (TPSA) is 40.6 Å². The molecule has 0 saturated carbocycles. The summed E-state index contributed by atoms with van der Waals surface area (Å²) in [5.74, 6) is 0.966. The molecule has 2 heterocycles. The molecular formula is C18H24N2O2S. The van der Waals surface area contributed by atoms with Crippen LogP contribution in [0.5, 0.6) is 0 Å². The summed E-state index contributed by atoms with van der Waals surface area (Å²) in [7, 11) is 0. The maximum atomic E-state index is 12.9. The van der Waals surface area contributed by atoms with Gasteiger partial charge >= 0.3 is 0 Å². The number of fused-ring (bicyclic) bond motifs is 1. The maximum Gasteiger partial charge on any atom is 0.246 e. The second kappa shape index (κ2) is 6.56. The third kappa shape index (κ3) is 3.11. The van der Waals surface area contributed by atoms with Crippen molar-refractivity contribution in [3.8, 4) is 0 Å². The molecule has 2 amide bonds. The average Bonchev–Trinajstić information content (AvgIpc) is 3.05. The van der Waals surface area contributed by atoms with E-state index in [0.717, 1.165) is 18.6 Å². The van der Waals surface area contributed by atoms with Gasteiger partial charge in [0.2, 0.25) is 11.8 Å². The molecule has 0 N–H and O–H groups in total. The number of hydrogen-bond donors (Lipinski definition) is 0. The summed E-state index contributed by atoms with van der Waals surface area (Å²) in [5, 5.41) is 0. The van der Waals surface area contributed by atoms with Gasteiger partial charge in [0.15, 0.2) is 0 Å². The Labute approximate surface area is 142 Å². The lowest BCUT2D eigenvalue weighted by molar-refractivity contribution is -0.143. The Morgan fingerprint density at radius 2 is 2.13 bits per heavy atom. The molecule has 0 aromatic heterocycles. The lowest BCUT2D eigenvalue weighted by Gasteiger charge is -2.32. The highest BCUT2D eigenvalue weighted by Crippen LogP contribution is 2.47. The zero-order chi connectivity index (χ0) is 16.4. The summed E-state index contributed by atoms with van der Waals surface area (Å²) < 4.78 is 0. The van der Waals surface area contributed by atoms with E-state index in [-0.39, 0.29) is 22.7 Å². The van der Waals surface area contributed by atoms with Gasteiger partial charge in [-0.15, -0.1) is 11.8 Å². The van der Waals surface area contributed by atoms with Gasteiger partial charge in [0.05, 0.1) is 4.87 Å². The van der Waals surface area contributed by atoms with Crippen LogP contribution in [0.3, 0.4) is 0 Å². The van der Waals surface area contributed by atoms with Crippen LogP contribution in [0.25, 0.3) is 0 Å². The first-order valence-corrected chi connectivity index (χ1v) is 9.32. The quantitative estimate of drug-likeness (QED) is 0.832. The average molecular weight is 332 g/mol. The number of carbonyl (C=O) groups excluding carboxylic acids is 2. The highest BCUT2D eigenvalue weighted by molar-refractivity contribution is 8.01. The molecule has 2 aliphatic rings. The minimum Gasteiger partial charge on any atom is -0.341 e. The molecule has 0 spiro atoms. The van der Waals surface area contributed by atoms with Gasteiger partial charge in [-0.05, 0) is 32.3 Å². The maximum absolute atomic E-state index is 12.9. The standard InChI is InChI=1S/C18H24N2O2S/c1-3-19(12-10-14-7-5-4-6-8-14)17(22)15-13-23-18(2)11-9-16(21)20(15)18/h4-8,15H,3,9-13H2,1-2H3. The molecule has 124 valence electrons. The van der Waals surface area contributed by atoms with E-state index in [4.69, 9.17) is 0 Å². The first-order valence-electron chi connectivity index (χ1n) is 8.34. The zero-order valence-electron chi connectivity index (χ0n) is 13.8. The molecule has 0 bridgehead atoms. The van der Waals surface area contributed by atoms with Crippen molar-refractivity contribution in [2.75, 3.05) is 18.8 Å². The van der Waals surface area contributed by atoms with E-state index in [1.165, 1.54) is 5.56 Å². The van der Waals surface area contributed by atoms with E-state index in [9.17, 15) is 9.59 Å². The molecule has 0 radical (unpaired) electrons. The van der Waals surface area contributed by atoms with E-state index < -0.39 is 0 Å². The van der Waals surface area contributed by atoms with E-state index in [2.05, 4.69) is 19.1 Å². The molecule has 2 atom stereocenters. The Bertz CT molecular complexity index is 592. The van der Waals surface area contributed by atoms with Crippen LogP contribution in [-0.2, 0) is 16.0 Å². The lowest BCUT2D eigenvalue weighted by atomic mass is 10.1. The molecule has 5 heteroatoms. The number of likely N-dealkylation sites (N-methyl/N-ethyl adjacent to an activating group) is 1. The van der Waals surface area contributed by atoms with E-state index in [1.807, 2.05) is 34.9 Å². The molecule has 3 rings (SSSR count). The van der Waals surface area contributed by atoms with Crippen molar-refractivity contribution >= 4 is 23.6 Å². The van der Waals surface area contributed by atoms with Crippen LogP contribution in [0.1, 0.15) is 32.3 Å². The minimum absolute atomic E-state index is 0.106. The summed E-state index contributed by atoms with van der Waals surface area (Å²) in [6.45, 7) is 5.50. The van der Waals surface area contributed by atoms with Gasteiger partial charge in [-0.1, -0.05) is 30.3 Å². The number of benzene rings is 1. The smallest absolute Gasteiger partial charge is 0.246 e. The van der Waals surface area contributed by atoms with Crippen molar-refractivity contribution in [1.29, 1.82) is 0 Å². The summed E-state index contributed by atoms with van der Waals surface area (Å²) >= 11 is 1.76. The van der Waals surface area contributed by atoms with Crippen LogP contribution in [0.15, 0.2) is 30.3 Å². The van der Waals surface area contributed by atoms with Crippen molar-refractivity contribution < 1.29 is 9.59 Å². The molecule has 1 aromatic carbocycles. The fourth-order valence-corrected chi connectivity index (χ4v) is 4.97. The molecule has 2 unspecified atom stereocenters. The highest BCUT2D eigenvalue weighted by atomic mass is 32.2. The monoisotopic (exact) mass is 332 g/mol. The first kappa shape index (κ1) is 16.4. The Balaban J connectivity index is 1.67. The van der Waals surface area contributed by atoms with E-state index in [1.54, 1.807) is 11.8 Å². The van der Waals surface area contributed by atoms with Crippen molar-refractivity contribution in [2.24, 2.45) is 0 Å². The van der Waals surface area contributed by atoms with Gasteiger partial charge in [0.25, 0.3) is 0 Å². The molecule has 2 saturated heterocycles. The van der Waals surface area contributed by atoms with Crippen molar-refractivity contribution in [3.63, 3.8) is 0 Å². The number of hydrogen-bond acceptors (Lipinski definition) is 3. The molecule has 1 aromatic rings. The summed E-state index contributed by atoms with van der Waals surface area (Å²) in [4.78, 5) is 28.7. The largest absolute Gasteiger partial charge is 0.341 e. The number of carbonyl (C=O) groups is 2. The van der Waals surface area contributed by atoms with Gasteiger partial charge in [0, 0.05) is 25.3 Å². The third-order valence-electron chi connectivity index (χ3n) is 4.94. The van der Waals surface area contributed by atoms with Crippen LogP contribution >= 0.6 is 11.8 Å². The van der Waals surface area contributed by atoms with Crippen molar-refractivity contribution in [2.45, 2.75) is 44.0 Å². The van der Waals surface area contributed by atoms with Crippen LogP contribution in [0.4, 0.5) is 0 Å². The third-order valence-corrected chi connectivity index (χ3v) is 6.44. The van der Waals surface area contributed by atoms with Crippen LogP contribution in [0.2, 0.25) is 0 Å². The SMILES string of the molecule is CCN(CCc1ccccc1)C(=O)C1CSC2(C)CCC(=O)N12. The zero-order valence-corrected chi connectivity index (χ0v) is 14.6. The van der Waals surface area contributed by atoms with Gasteiger partial charge in [-0.3, -0.25) is 9.59 Å². The Kier molecular flexibility index (Phi) is 4.67. The second-order valence-electron chi connectivity index (χ2n) is 6.42. The molecular weight excluding hydrogens is 308 g/mol. The number of rotatable bonds is 5. The number of thioether (sulfide) groups is 1. The Hall–Kier alpha value is -1.49. The van der Waals surface area contributed by atoms with Crippen molar-refractivity contribution in [1.82, 2.24) is 9.80 Å². The van der Waals surface area contributed by atoms with Crippen LogP contribution in [0, 0.1) is 0 Å². The predicted octanol–water partition coefficient (Wildman–Crippen LogP) is 2.53. The molecule has 2 fully saturated rings. The Morgan fingerprint density at radius 3 is 2.83 bits per heavy atom. The van der Waals surface area contributed by atoms with Gasteiger partial charge < -0.3 is 9.80 Å². The fraction of sp³-hybridized carbons (Fsp3) is 0.556.